The number of fused-ring (bicyclic) bond motifs is 1. The van der Waals surface area contributed by atoms with E-state index in [1.807, 2.05) is 18.2 Å². The first-order valence-electron chi connectivity index (χ1n) is 8.51. The Morgan fingerprint density at radius 2 is 1.54 bits per heavy atom. The lowest BCUT2D eigenvalue weighted by atomic mass is 10.1. The third-order valence-corrected chi connectivity index (χ3v) is 4.15. The Balaban J connectivity index is 1.52. The second kappa shape index (κ2) is 7.32. The van der Waals surface area contributed by atoms with Crippen LogP contribution in [0.4, 0.5) is 15.8 Å². The molecule has 1 heterocycles. The van der Waals surface area contributed by atoms with Gasteiger partial charge in [0.25, 0.3) is 11.8 Å². The molecule has 0 aliphatic rings. The molecule has 0 atom stereocenters. The van der Waals surface area contributed by atoms with Crippen LogP contribution < -0.4 is 10.6 Å². The number of anilines is 2. The number of aromatic amines is 1. The van der Waals surface area contributed by atoms with Crippen molar-refractivity contribution >= 4 is 34.1 Å². The molecule has 0 saturated carbocycles. The molecule has 6 nitrogen and oxygen atoms in total. The van der Waals surface area contributed by atoms with E-state index >= 15 is 0 Å². The van der Waals surface area contributed by atoms with E-state index in [9.17, 15) is 14.0 Å². The lowest BCUT2D eigenvalue weighted by molar-refractivity contribution is 0.101. The van der Waals surface area contributed by atoms with Gasteiger partial charge < -0.3 is 10.6 Å². The molecule has 28 heavy (non-hydrogen) atoms. The number of rotatable bonds is 4. The SMILES string of the molecule is O=C(Nc1cccc(F)c1)c1cccc(NC(=O)c2n[nH]c3ccccc23)c1. The topological polar surface area (TPSA) is 86.9 Å². The summed E-state index contributed by atoms with van der Waals surface area (Å²) in [4.78, 5) is 25.0. The summed E-state index contributed by atoms with van der Waals surface area (Å²) < 4.78 is 13.3. The molecule has 2 amide bonds. The molecule has 4 rings (SSSR count). The largest absolute Gasteiger partial charge is 0.322 e. The maximum atomic E-state index is 13.3. The summed E-state index contributed by atoms with van der Waals surface area (Å²) in [6.07, 6.45) is 0. The molecule has 0 unspecified atom stereocenters. The van der Waals surface area contributed by atoms with Gasteiger partial charge in [-0.25, -0.2) is 4.39 Å². The van der Waals surface area contributed by atoms with Crippen molar-refractivity contribution in [3.05, 3.63) is 89.9 Å². The third-order valence-electron chi connectivity index (χ3n) is 4.15. The van der Waals surface area contributed by atoms with Crippen LogP contribution >= 0.6 is 0 Å². The van der Waals surface area contributed by atoms with Crippen molar-refractivity contribution in [2.45, 2.75) is 0 Å². The van der Waals surface area contributed by atoms with Crippen LogP contribution in [0.1, 0.15) is 20.8 Å². The maximum Gasteiger partial charge on any atom is 0.276 e. The first-order chi connectivity index (χ1) is 13.6. The fourth-order valence-electron chi connectivity index (χ4n) is 2.83. The Hall–Kier alpha value is -4.00. The van der Waals surface area contributed by atoms with Gasteiger partial charge in [0.2, 0.25) is 0 Å². The first-order valence-corrected chi connectivity index (χ1v) is 8.51. The van der Waals surface area contributed by atoms with Gasteiger partial charge in [0.05, 0.1) is 5.52 Å². The van der Waals surface area contributed by atoms with Crippen molar-refractivity contribution in [1.82, 2.24) is 10.2 Å². The first kappa shape index (κ1) is 17.4. The van der Waals surface area contributed by atoms with Gasteiger partial charge in [-0.05, 0) is 42.5 Å². The van der Waals surface area contributed by atoms with Gasteiger partial charge in [-0.15, -0.1) is 0 Å². The molecule has 0 fully saturated rings. The van der Waals surface area contributed by atoms with Crippen molar-refractivity contribution in [2.75, 3.05) is 10.6 Å². The molecule has 3 aromatic carbocycles. The number of para-hydroxylation sites is 1. The average Bonchev–Trinajstić information content (AvgIpc) is 3.12. The molecule has 3 N–H and O–H groups in total. The number of nitrogens with zero attached hydrogens (tertiary/aromatic N) is 1. The maximum absolute atomic E-state index is 13.3. The van der Waals surface area contributed by atoms with Crippen LogP contribution in [0.15, 0.2) is 72.8 Å². The van der Waals surface area contributed by atoms with Crippen LogP contribution in [-0.4, -0.2) is 22.0 Å². The monoisotopic (exact) mass is 374 g/mol. The van der Waals surface area contributed by atoms with Crippen LogP contribution in [0.2, 0.25) is 0 Å². The van der Waals surface area contributed by atoms with Crippen molar-refractivity contribution < 1.29 is 14.0 Å². The normalized spacial score (nSPS) is 10.6. The van der Waals surface area contributed by atoms with Gasteiger partial charge in [-0.2, -0.15) is 5.10 Å². The smallest absolute Gasteiger partial charge is 0.276 e. The van der Waals surface area contributed by atoms with Crippen LogP contribution in [0, 0.1) is 5.82 Å². The van der Waals surface area contributed by atoms with Crippen LogP contribution in [-0.2, 0) is 0 Å². The number of carbonyl (C=O) groups is 2. The number of nitrogens with one attached hydrogen (secondary N) is 3. The molecular formula is C21H15FN4O2. The van der Waals surface area contributed by atoms with Crippen molar-refractivity contribution in [1.29, 1.82) is 0 Å². The van der Waals surface area contributed by atoms with Gasteiger partial charge in [-0.3, -0.25) is 14.7 Å². The summed E-state index contributed by atoms with van der Waals surface area (Å²) in [7, 11) is 0. The highest BCUT2D eigenvalue weighted by Gasteiger charge is 2.15. The third kappa shape index (κ3) is 3.59. The standard InChI is InChI=1S/C21H15FN4O2/c22-14-6-4-8-16(12-14)23-20(27)13-5-3-7-15(11-13)24-21(28)19-17-9-1-2-10-18(17)25-26-19/h1-12H,(H,23,27)(H,24,28)(H,25,26). The zero-order valence-electron chi connectivity index (χ0n) is 14.6. The summed E-state index contributed by atoms with van der Waals surface area (Å²) in [5.41, 5.74) is 2.15. The van der Waals surface area contributed by atoms with E-state index < -0.39 is 11.7 Å². The Bertz CT molecular complexity index is 1190. The quantitative estimate of drug-likeness (QED) is 0.500. The van der Waals surface area contributed by atoms with E-state index in [2.05, 4.69) is 20.8 Å². The number of H-pyrrole nitrogens is 1. The number of benzene rings is 3. The van der Waals surface area contributed by atoms with E-state index in [4.69, 9.17) is 0 Å². The molecular weight excluding hydrogens is 359 g/mol. The molecule has 0 bridgehead atoms. The molecule has 0 spiro atoms. The van der Waals surface area contributed by atoms with Gasteiger partial charge in [-0.1, -0.05) is 30.3 Å². The highest BCUT2D eigenvalue weighted by atomic mass is 19.1. The zero-order chi connectivity index (χ0) is 19.5. The Labute approximate surface area is 159 Å². The molecule has 0 aliphatic carbocycles. The fraction of sp³-hybridized carbons (Fsp3) is 0. The number of hydrogen-bond donors (Lipinski definition) is 3. The van der Waals surface area contributed by atoms with E-state index in [0.717, 1.165) is 5.52 Å². The van der Waals surface area contributed by atoms with Crippen LogP contribution in [0.5, 0.6) is 0 Å². The highest BCUT2D eigenvalue weighted by molar-refractivity contribution is 6.11. The fourth-order valence-corrected chi connectivity index (χ4v) is 2.83. The highest BCUT2D eigenvalue weighted by Crippen LogP contribution is 2.18. The molecule has 0 radical (unpaired) electrons. The van der Waals surface area contributed by atoms with E-state index in [1.165, 1.54) is 18.2 Å². The predicted octanol–water partition coefficient (Wildman–Crippen LogP) is 4.21. The Kier molecular flexibility index (Phi) is 4.55. The van der Waals surface area contributed by atoms with E-state index in [1.54, 1.807) is 36.4 Å². The lowest BCUT2D eigenvalue weighted by Crippen LogP contribution is -2.15. The van der Waals surface area contributed by atoms with Crippen molar-refractivity contribution in [3.8, 4) is 0 Å². The predicted molar refractivity (Wildman–Crippen MR) is 105 cm³/mol. The molecule has 0 saturated heterocycles. The number of hydrogen-bond acceptors (Lipinski definition) is 3. The molecule has 4 aromatic rings. The molecule has 7 heteroatoms. The van der Waals surface area contributed by atoms with Gasteiger partial charge in [0, 0.05) is 22.3 Å². The molecule has 138 valence electrons. The van der Waals surface area contributed by atoms with Gasteiger partial charge in [0.15, 0.2) is 5.69 Å². The summed E-state index contributed by atoms with van der Waals surface area (Å²) in [5.74, 6) is -1.24. The molecule has 1 aromatic heterocycles. The second-order valence-corrected chi connectivity index (χ2v) is 6.12. The van der Waals surface area contributed by atoms with Crippen molar-refractivity contribution in [3.63, 3.8) is 0 Å². The lowest BCUT2D eigenvalue weighted by Gasteiger charge is -2.08. The van der Waals surface area contributed by atoms with Gasteiger partial charge in [0.1, 0.15) is 5.82 Å². The zero-order valence-corrected chi connectivity index (χ0v) is 14.6. The van der Waals surface area contributed by atoms with Crippen molar-refractivity contribution in [2.24, 2.45) is 0 Å². The Morgan fingerprint density at radius 3 is 2.36 bits per heavy atom. The Morgan fingerprint density at radius 1 is 0.821 bits per heavy atom. The number of carbonyl (C=O) groups excluding carboxylic acids is 2. The number of amides is 2. The summed E-state index contributed by atoms with van der Waals surface area (Å²) in [5, 5.41) is 12.9. The summed E-state index contributed by atoms with van der Waals surface area (Å²) in [6, 6.07) is 19.4. The van der Waals surface area contributed by atoms with E-state index in [-0.39, 0.29) is 11.6 Å². The minimum absolute atomic E-state index is 0.269. The number of aromatic nitrogens is 2. The number of halogens is 1. The average molecular weight is 374 g/mol. The summed E-state index contributed by atoms with van der Waals surface area (Å²) >= 11 is 0. The molecule has 0 aliphatic heterocycles. The van der Waals surface area contributed by atoms with Gasteiger partial charge >= 0.3 is 0 Å². The minimum Gasteiger partial charge on any atom is -0.322 e. The minimum atomic E-state index is -0.440. The summed E-state index contributed by atoms with van der Waals surface area (Å²) in [6.45, 7) is 0. The second-order valence-electron chi connectivity index (χ2n) is 6.12. The van der Waals surface area contributed by atoms with Crippen LogP contribution in [0.25, 0.3) is 10.9 Å². The van der Waals surface area contributed by atoms with Crippen LogP contribution in [0.3, 0.4) is 0 Å². The van der Waals surface area contributed by atoms with E-state index in [0.29, 0.717) is 22.3 Å².